The van der Waals surface area contributed by atoms with Gasteiger partial charge in [0.05, 0.1) is 25.4 Å². The van der Waals surface area contributed by atoms with Gasteiger partial charge in [-0.25, -0.2) is 9.48 Å². The summed E-state index contributed by atoms with van der Waals surface area (Å²) in [4.78, 5) is 84.9. The first-order valence-electron chi connectivity index (χ1n) is 17.3. The van der Waals surface area contributed by atoms with Crippen LogP contribution in [-0.4, -0.2) is 129 Å². The van der Waals surface area contributed by atoms with E-state index in [2.05, 4.69) is 15.7 Å². The van der Waals surface area contributed by atoms with Crippen LogP contribution in [0.15, 0.2) is 36.4 Å². The van der Waals surface area contributed by atoms with Crippen molar-refractivity contribution in [1.82, 2.24) is 35.3 Å². The van der Waals surface area contributed by atoms with Crippen LogP contribution in [0.3, 0.4) is 0 Å². The molecule has 0 radical (unpaired) electrons. The van der Waals surface area contributed by atoms with Gasteiger partial charge in [0.25, 0.3) is 11.8 Å². The minimum absolute atomic E-state index is 0.0779. The Morgan fingerprint density at radius 3 is 2.43 bits per heavy atom. The van der Waals surface area contributed by atoms with Crippen molar-refractivity contribution in [3.63, 3.8) is 0 Å². The zero-order chi connectivity index (χ0) is 36.5. The lowest BCUT2D eigenvalue weighted by molar-refractivity contribution is -0.166. The quantitative estimate of drug-likeness (QED) is 0.239. The Hall–Kier alpha value is -5.19. The molecule has 2 aromatic rings. The van der Waals surface area contributed by atoms with Gasteiger partial charge in [-0.2, -0.15) is 5.10 Å². The van der Waals surface area contributed by atoms with Gasteiger partial charge in [-0.1, -0.05) is 18.2 Å². The molecule has 17 nitrogen and oxygen atoms in total. The van der Waals surface area contributed by atoms with Crippen LogP contribution < -0.4 is 15.4 Å². The fraction of sp³-hybridized carbons (Fsp3) is 0.559. The van der Waals surface area contributed by atoms with Crippen LogP contribution in [0.1, 0.15) is 69.3 Å². The Bertz CT molecular complexity index is 1580. The number of likely N-dealkylation sites (tertiary alicyclic amines) is 1. The summed E-state index contributed by atoms with van der Waals surface area (Å²) >= 11 is 0. The number of carbonyl (C=O) groups excluding carboxylic acids is 5. The second-order valence-electron chi connectivity index (χ2n) is 12.8. The molecule has 51 heavy (non-hydrogen) atoms. The summed E-state index contributed by atoms with van der Waals surface area (Å²) < 4.78 is 12.1. The smallest absolute Gasteiger partial charge is 0.481 e. The number of benzene rings is 1. The van der Waals surface area contributed by atoms with Gasteiger partial charge in [0.1, 0.15) is 12.1 Å². The molecule has 1 aromatic carbocycles. The van der Waals surface area contributed by atoms with E-state index >= 15 is 0 Å². The van der Waals surface area contributed by atoms with Crippen LogP contribution in [0.5, 0.6) is 5.88 Å². The van der Waals surface area contributed by atoms with Gasteiger partial charge < -0.3 is 39.9 Å². The third-order valence-electron chi connectivity index (χ3n) is 9.17. The van der Waals surface area contributed by atoms with E-state index in [1.165, 1.54) is 25.6 Å². The van der Waals surface area contributed by atoms with E-state index in [9.17, 15) is 33.9 Å². The number of amides is 4. The van der Waals surface area contributed by atoms with Gasteiger partial charge in [-0.15, -0.1) is 5.06 Å². The number of aromatic nitrogens is 2. The molecule has 0 bridgehead atoms. The molecule has 3 aliphatic rings. The van der Waals surface area contributed by atoms with E-state index in [1.807, 2.05) is 0 Å². The monoisotopic (exact) mass is 711 g/mol. The van der Waals surface area contributed by atoms with Crippen molar-refractivity contribution in [2.45, 2.75) is 83.0 Å². The highest BCUT2D eigenvalue weighted by Crippen LogP contribution is 2.24. The van der Waals surface area contributed by atoms with Gasteiger partial charge in [0.15, 0.2) is 12.3 Å². The largest absolute Gasteiger partial charge is 0.527 e. The highest BCUT2D eigenvalue weighted by molar-refractivity contribution is 5.96. The summed E-state index contributed by atoms with van der Waals surface area (Å²) in [6.45, 7) is 4.06. The number of hydroxylamine groups is 2. The number of carboxylic acids is 1. The summed E-state index contributed by atoms with van der Waals surface area (Å²) in [5.41, 5.74) is 0.405. The fourth-order valence-electron chi connectivity index (χ4n) is 6.28. The molecule has 1 aromatic heterocycles. The van der Waals surface area contributed by atoms with Gasteiger partial charge in [-0.3, -0.25) is 24.0 Å². The number of piperazine rings is 1. The van der Waals surface area contributed by atoms with Crippen LogP contribution in [0.4, 0.5) is 4.79 Å². The second-order valence-corrected chi connectivity index (χ2v) is 12.8. The van der Waals surface area contributed by atoms with Gasteiger partial charge in [-0.05, 0) is 64.5 Å². The lowest BCUT2D eigenvalue weighted by atomic mass is 9.93. The Labute approximate surface area is 295 Å². The lowest BCUT2D eigenvalue weighted by Crippen LogP contribution is -2.59. The van der Waals surface area contributed by atoms with E-state index in [-0.39, 0.29) is 68.5 Å². The lowest BCUT2D eigenvalue weighted by Gasteiger charge is -2.39. The predicted molar refractivity (Wildman–Crippen MR) is 179 cm³/mol. The molecule has 3 fully saturated rings. The molecule has 5 rings (SSSR count). The Morgan fingerprint density at radius 1 is 1.00 bits per heavy atom. The van der Waals surface area contributed by atoms with Gasteiger partial charge >= 0.3 is 12.1 Å². The molecule has 1 aliphatic carbocycles. The number of ether oxygens (including phenoxy) is 2. The average molecular weight is 712 g/mol. The summed E-state index contributed by atoms with van der Waals surface area (Å²) in [7, 11) is 0. The van der Waals surface area contributed by atoms with Crippen molar-refractivity contribution in [2.24, 2.45) is 0 Å². The number of nitrogens with one attached hydrogen (secondary N) is 2. The van der Waals surface area contributed by atoms with Crippen molar-refractivity contribution < 1.29 is 48.2 Å². The van der Waals surface area contributed by atoms with Crippen molar-refractivity contribution in [1.29, 1.82) is 0 Å². The molecule has 3 heterocycles. The predicted octanol–water partition coefficient (Wildman–Crippen LogP) is 1.49. The van der Waals surface area contributed by atoms with Crippen molar-refractivity contribution >= 4 is 35.8 Å². The zero-order valence-electron chi connectivity index (χ0n) is 28.8. The molecule has 1 saturated carbocycles. The first-order valence-corrected chi connectivity index (χ1v) is 17.3. The van der Waals surface area contributed by atoms with Crippen LogP contribution >= 0.6 is 0 Å². The van der Waals surface area contributed by atoms with Crippen LogP contribution in [0.2, 0.25) is 0 Å². The molecule has 0 unspecified atom stereocenters. The minimum atomic E-state index is -1.21. The highest BCUT2D eigenvalue weighted by atomic mass is 16.8. The number of aliphatic carboxylic acids is 1. The third kappa shape index (κ3) is 9.53. The molecule has 2 aliphatic heterocycles. The van der Waals surface area contributed by atoms with Crippen molar-refractivity contribution in [2.75, 3.05) is 39.4 Å². The van der Waals surface area contributed by atoms with E-state index in [0.29, 0.717) is 25.1 Å². The Morgan fingerprint density at radius 2 is 1.76 bits per heavy atom. The summed E-state index contributed by atoms with van der Waals surface area (Å²) in [5, 5.41) is 20.8. The number of carbonyl (C=O) groups is 6. The zero-order valence-corrected chi connectivity index (χ0v) is 28.8. The van der Waals surface area contributed by atoms with E-state index in [0.717, 1.165) is 19.3 Å². The number of para-hydroxylation sites is 1. The number of nitrogens with zero attached hydrogens (tertiary/aromatic N) is 5. The molecular weight excluding hydrogens is 666 g/mol. The summed E-state index contributed by atoms with van der Waals surface area (Å²) in [5.74, 6) is -2.86. The number of rotatable bonds is 14. The third-order valence-corrected chi connectivity index (χ3v) is 9.17. The van der Waals surface area contributed by atoms with Gasteiger partial charge in [0, 0.05) is 37.7 Å². The molecule has 2 saturated heterocycles. The molecular formula is C34H45N7O10. The summed E-state index contributed by atoms with van der Waals surface area (Å²) in [6, 6.07) is 8.06. The number of hydrogen-bond donors (Lipinski definition) is 3. The summed E-state index contributed by atoms with van der Waals surface area (Å²) in [6.07, 6.45) is 2.78. The molecule has 4 amide bonds. The number of carboxylic acid groups (broad SMARTS) is 1. The first-order chi connectivity index (χ1) is 24.5. The second kappa shape index (κ2) is 17.2. The molecule has 276 valence electrons. The average Bonchev–Trinajstić information content (AvgIpc) is 3.76. The SMILES string of the molecule is CCOC(=O)ON1CCN(C(=O)[C@H](CCC(=O)O)NC(=O)c2cc(OCC(=O)N3CCC[C@H]3C(=O)NC3CCC3)n(-c3ccccc3)n2)[C@H](C)C1. The Kier molecular flexibility index (Phi) is 12.5. The van der Waals surface area contributed by atoms with E-state index in [1.54, 1.807) is 44.2 Å². The van der Waals surface area contributed by atoms with Crippen molar-refractivity contribution in [3.05, 3.63) is 42.1 Å². The first kappa shape index (κ1) is 37.1. The maximum atomic E-state index is 13.7. The van der Waals surface area contributed by atoms with E-state index in [4.69, 9.17) is 14.3 Å². The maximum Gasteiger partial charge on any atom is 0.527 e. The number of hydrogen-bond acceptors (Lipinski definition) is 11. The highest BCUT2D eigenvalue weighted by Gasteiger charge is 2.37. The van der Waals surface area contributed by atoms with Crippen molar-refractivity contribution in [3.8, 4) is 11.6 Å². The van der Waals surface area contributed by atoms with Crippen LogP contribution in [0, 0.1) is 0 Å². The Balaban J connectivity index is 1.28. The van der Waals surface area contributed by atoms with Crippen LogP contribution in [-0.2, 0) is 28.8 Å². The molecule has 3 atom stereocenters. The maximum absolute atomic E-state index is 13.7. The molecule has 17 heteroatoms. The fourth-order valence-corrected chi connectivity index (χ4v) is 6.28. The van der Waals surface area contributed by atoms with Crippen LogP contribution in [0.25, 0.3) is 5.69 Å². The molecule has 0 spiro atoms. The molecule has 3 N–H and O–H groups in total. The standard InChI is InChI=1S/C34H45N7O10/c1-3-49-34(48)51-38-17-18-39(22(2)20-38)33(47)25(14-15-30(43)44)36-31(45)26-19-29(41(37-26)24-11-5-4-6-12-24)50-21-28(42)40-16-8-13-27(40)32(46)35-23-9-7-10-23/h4-6,11-12,19,22-23,25,27H,3,7-10,13-18,20-21H2,1-2H3,(H,35,46)(H,36,45)(H,43,44)/t22-,25+,27+/m1/s1. The van der Waals surface area contributed by atoms with E-state index < -0.39 is 48.7 Å². The minimum Gasteiger partial charge on any atom is -0.481 e. The normalized spacial score (nSPS) is 19.8. The topological polar surface area (TPSA) is 202 Å². The van der Waals surface area contributed by atoms with Gasteiger partial charge in [0.2, 0.25) is 17.7 Å².